The molecular weight excluding hydrogens is 571 g/mol. The summed E-state index contributed by atoms with van der Waals surface area (Å²) in [6.07, 6.45) is 5.54. The molecule has 1 N–H and O–H groups in total. The summed E-state index contributed by atoms with van der Waals surface area (Å²) in [6.45, 7) is 0.164. The summed E-state index contributed by atoms with van der Waals surface area (Å²) in [5.74, 6) is 0.550. The Labute approximate surface area is 250 Å². The van der Waals surface area contributed by atoms with Crippen LogP contribution in [0.5, 0.6) is 0 Å². The molecule has 206 valence electrons. The molecule has 0 aliphatic heterocycles. The monoisotopic (exact) mass is 602 g/mol. The number of hydrogen-bond donors (Lipinski definition) is 1. The maximum atomic E-state index is 13.8. The fourth-order valence-corrected chi connectivity index (χ4v) is 6.36. The van der Waals surface area contributed by atoms with E-state index in [1.165, 1.54) is 0 Å². The van der Waals surface area contributed by atoms with Gasteiger partial charge in [0.25, 0.3) is 0 Å². The van der Waals surface area contributed by atoms with Gasteiger partial charge in [0.05, 0.1) is 0 Å². The number of amides is 2. The number of nitrogens with one attached hydrogen (secondary N) is 1. The number of thioether (sulfide) groups is 1. The average molecular weight is 604 g/mol. The van der Waals surface area contributed by atoms with Crippen LogP contribution in [0.25, 0.3) is 0 Å². The topological polar surface area (TPSA) is 49.4 Å². The van der Waals surface area contributed by atoms with Crippen molar-refractivity contribution in [1.82, 2.24) is 10.2 Å². The fourth-order valence-electron chi connectivity index (χ4n) is 4.86. The van der Waals surface area contributed by atoms with E-state index in [1.807, 2.05) is 54.6 Å². The van der Waals surface area contributed by atoms with Crippen molar-refractivity contribution in [3.8, 4) is 0 Å². The number of nitrogens with zero attached hydrogens (tertiary/aromatic N) is 1. The van der Waals surface area contributed by atoms with Gasteiger partial charge in [0.1, 0.15) is 6.04 Å². The molecule has 2 amide bonds. The quantitative estimate of drug-likeness (QED) is 0.168. The minimum Gasteiger partial charge on any atom is -0.352 e. The average Bonchev–Trinajstić information content (AvgIpc) is 3.44. The summed E-state index contributed by atoms with van der Waals surface area (Å²) in [5, 5.41) is 4.89. The Morgan fingerprint density at radius 3 is 2.23 bits per heavy atom. The molecule has 1 atom stereocenters. The van der Waals surface area contributed by atoms with Gasteiger partial charge in [-0.3, -0.25) is 9.59 Å². The Bertz CT molecular complexity index is 1210. The van der Waals surface area contributed by atoms with Crippen molar-refractivity contribution < 1.29 is 9.59 Å². The first-order chi connectivity index (χ1) is 18.9. The summed E-state index contributed by atoms with van der Waals surface area (Å²) < 4.78 is 0. The molecule has 0 bridgehead atoms. The maximum absolute atomic E-state index is 13.8. The van der Waals surface area contributed by atoms with Crippen molar-refractivity contribution in [3.63, 3.8) is 0 Å². The van der Waals surface area contributed by atoms with Crippen molar-refractivity contribution >= 4 is 58.4 Å². The molecule has 0 unspecified atom stereocenters. The van der Waals surface area contributed by atoms with Crippen molar-refractivity contribution in [2.75, 3.05) is 5.75 Å². The van der Waals surface area contributed by atoms with Crippen LogP contribution in [0.2, 0.25) is 15.1 Å². The number of halogens is 3. The number of hydrogen-bond acceptors (Lipinski definition) is 3. The fraction of sp³-hybridized carbons (Fsp3) is 0.355. The van der Waals surface area contributed by atoms with Crippen LogP contribution >= 0.6 is 46.6 Å². The van der Waals surface area contributed by atoms with E-state index in [4.69, 9.17) is 34.8 Å². The first kappa shape index (κ1) is 29.8. The molecule has 3 aromatic rings. The van der Waals surface area contributed by atoms with Crippen LogP contribution in [0.1, 0.15) is 49.7 Å². The molecule has 1 fully saturated rings. The molecule has 0 saturated heterocycles. The van der Waals surface area contributed by atoms with E-state index in [2.05, 4.69) is 5.32 Å². The molecule has 8 heteroatoms. The zero-order chi connectivity index (χ0) is 27.6. The molecule has 4 nitrogen and oxygen atoms in total. The molecule has 39 heavy (non-hydrogen) atoms. The Hall–Kier alpha value is -2.18. The van der Waals surface area contributed by atoms with Crippen molar-refractivity contribution in [2.45, 2.75) is 68.5 Å². The highest BCUT2D eigenvalue weighted by Crippen LogP contribution is 2.28. The molecule has 0 radical (unpaired) electrons. The van der Waals surface area contributed by atoms with Gasteiger partial charge in [-0.2, -0.15) is 0 Å². The summed E-state index contributed by atoms with van der Waals surface area (Å²) in [6, 6.07) is 22.3. The van der Waals surface area contributed by atoms with Crippen LogP contribution in [0, 0.1) is 0 Å². The molecule has 4 rings (SSSR count). The lowest BCUT2D eigenvalue weighted by atomic mass is 10.0. The van der Waals surface area contributed by atoms with E-state index >= 15 is 0 Å². The smallest absolute Gasteiger partial charge is 0.243 e. The van der Waals surface area contributed by atoms with Gasteiger partial charge in [-0.1, -0.05) is 84.0 Å². The van der Waals surface area contributed by atoms with E-state index in [0.717, 1.165) is 41.9 Å². The molecule has 1 saturated carbocycles. The Morgan fingerprint density at radius 2 is 1.56 bits per heavy atom. The van der Waals surface area contributed by atoms with E-state index in [1.54, 1.807) is 34.9 Å². The molecule has 3 aromatic carbocycles. The van der Waals surface area contributed by atoms with Gasteiger partial charge in [-0.15, -0.1) is 11.8 Å². The lowest BCUT2D eigenvalue weighted by molar-refractivity contribution is -0.141. The first-order valence-corrected chi connectivity index (χ1v) is 15.5. The second kappa shape index (κ2) is 15.0. The lowest BCUT2D eigenvalue weighted by Crippen LogP contribution is -2.52. The second-order valence-corrected chi connectivity index (χ2v) is 12.2. The summed E-state index contributed by atoms with van der Waals surface area (Å²) in [5.41, 5.74) is 1.64. The molecule has 0 heterocycles. The van der Waals surface area contributed by atoms with Crippen molar-refractivity contribution in [1.29, 1.82) is 0 Å². The number of carbonyl (C=O) groups excluding carboxylic acids is 2. The zero-order valence-electron chi connectivity index (χ0n) is 21.8. The van der Waals surface area contributed by atoms with Crippen molar-refractivity contribution in [3.05, 3.63) is 99.0 Å². The normalized spacial score (nSPS) is 14.2. The van der Waals surface area contributed by atoms with Gasteiger partial charge in [-0.25, -0.2) is 0 Å². The molecule has 0 spiro atoms. The Morgan fingerprint density at radius 1 is 0.897 bits per heavy atom. The van der Waals surface area contributed by atoms with Gasteiger partial charge in [-0.05, 0) is 67.0 Å². The van der Waals surface area contributed by atoms with Crippen LogP contribution in [-0.2, 0) is 22.6 Å². The van der Waals surface area contributed by atoms with E-state index in [0.29, 0.717) is 39.9 Å². The Kier molecular flexibility index (Phi) is 11.5. The van der Waals surface area contributed by atoms with Crippen LogP contribution in [0.15, 0.2) is 77.7 Å². The van der Waals surface area contributed by atoms with Crippen molar-refractivity contribution in [2.24, 2.45) is 0 Å². The minimum atomic E-state index is -0.684. The Balaban J connectivity index is 1.55. The predicted molar refractivity (Wildman–Crippen MR) is 163 cm³/mol. The van der Waals surface area contributed by atoms with Gasteiger partial charge in [0.15, 0.2) is 0 Å². The summed E-state index contributed by atoms with van der Waals surface area (Å²) >= 11 is 20.7. The lowest BCUT2D eigenvalue weighted by Gasteiger charge is -2.33. The third-order valence-corrected chi connectivity index (χ3v) is 9.04. The summed E-state index contributed by atoms with van der Waals surface area (Å²) in [4.78, 5) is 30.4. The highest BCUT2D eigenvalue weighted by Gasteiger charge is 2.32. The predicted octanol–water partition coefficient (Wildman–Crippen LogP) is 8.22. The van der Waals surface area contributed by atoms with Gasteiger partial charge in [0.2, 0.25) is 11.8 Å². The van der Waals surface area contributed by atoms with E-state index in [9.17, 15) is 9.59 Å². The number of rotatable bonds is 12. The van der Waals surface area contributed by atoms with Gasteiger partial charge in [0, 0.05) is 51.0 Å². The highest BCUT2D eigenvalue weighted by molar-refractivity contribution is 7.99. The third-order valence-electron chi connectivity index (χ3n) is 6.98. The SMILES string of the molecule is O=C(NC1CCCC1)[C@@H](Cc1ccccc1)N(Cc1c(Cl)cccc1Cl)C(=O)CCCSc1ccc(Cl)cc1. The standard InChI is InChI=1S/C31H33Cl3N2O2S/c32-23-15-17-25(18-16-23)39-19-7-14-30(37)36(21-26-27(33)12-6-13-28(26)34)29(20-22-8-2-1-3-9-22)31(38)35-24-10-4-5-11-24/h1-3,6,8-9,12-13,15-18,24,29H,4-5,7,10-11,14,19-21H2,(H,35,38)/t29-/m1/s1. The molecule has 1 aliphatic rings. The third kappa shape index (κ3) is 8.91. The van der Waals surface area contributed by atoms with Gasteiger partial charge >= 0.3 is 0 Å². The molecule has 1 aliphatic carbocycles. The second-order valence-electron chi connectivity index (χ2n) is 9.82. The van der Waals surface area contributed by atoms with Crippen LogP contribution in [-0.4, -0.2) is 34.6 Å². The van der Waals surface area contributed by atoms with Gasteiger partial charge < -0.3 is 10.2 Å². The minimum absolute atomic E-state index is 0.0924. The van der Waals surface area contributed by atoms with Crippen LogP contribution in [0.4, 0.5) is 0 Å². The van der Waals surface area contributed by atoms with Crippen LogP contribution < -0.4 is 5.32 Å². The van der Waals surface area contributed by atoms with E-state index < -0.39 is 6.04 Å². The van der Waals surface area contributed by atoms with Crippen LogP contribution in [0.3, 0.4) is 0 Å². The molecular formula is C31H33Cl3N2O2S. The number of benzene rings is 3. The highest BCUT2D eigenvalue weighted by atomic mass is 35.5. The maximum Gasteiger partial charge on any atom is 0.243 e. The summed E-state index contributed by atoms with van der Waals surface area (Å²) in [7, 11) is 0. The first-order valence-electron chi connectivity index (χ1n) is 13.4. The largest absolute Gasteiger partial charge is 0.352 e. The zero-order valence-corrected chi connectivity index (χ0v) is 24.8. The molecule has 0 aromatic heterocycles. The van der Waals surface area contributed by atoms with E-state index in [-0.39, 0.29) is 24.4 Å². The number of carbonyl (C=O) groups is 2.